The number of aliphatic hydroxyl groups excluding tert-OH is 1. The number of aliphatic hydroxyl groups is 1. The van der Waals surface area contributed by atoms with Crippen LogP contribution in [0.1, 0.15) is 6.42 Å². The highest BCUT2D eigenvalue weighted by Crippen LogP contribution is 2.28. The number of guanidine groups is 1. The standard InChI is InChI=1S/C10H12N8O3/c11-10-14-8-7(9(20)15-10)13-3-18(8)6-1-4(16-17-12)5(2-19)21-6/h3-7,19H,1-2H2,(H2,11,15,20)/t4-,5-,6-,7?/m1/s1. The van der Waals surface area contributed by atoms with Crippen LogP contribution in [0, 0.1) is 0 Å². The molecule has 0 aromatic carbocycles. The molecule has 3 rings (SSSR count). The number of ether oxygens (including phenoxy) is 1. The van der Waals surface area contributed by atoms with E-state index in [0.29, 0.717) is 12.3 Å². The Balaban J connectivity index is 1.83. The zero-order valence-electron chi connectivity index (χ0n) is 10.8. The average Bonchev–Trinajstić information content (AvgIpc) is 3.02. The van der Waals surface area contributed by atoms with Gasteiger partial charge in [-0.3, -0.25) is 14.7 Å². The highest BCUT2D eigenvalue weighted by molar-refractivity contribution is 6.21. The third kappa shape index (κ3) is 2.23. The summed E-state index contributed by atoms with van der Waals surface area (Å²) in [5.41, 5.74) is 14.0. The first kappa shape index (κ1) is 13.5. The van der Waals surface area contributed by atoms with Crippen molar-refractivity contribution >= 4 is 24.0 Å². The van der Waals surface area contributed by atoms with Gasteiger partial charge in [-0.15, -0.1) is 0 Å². The van der Waals surface area contributed by atoms with Crippen molar-refractivity contribution in [3.63, 3.8) is 0 Å². The predicted octanol–water partition coefficient (Wildman–Crippen LogP) is -1.26. The van der Waals surface area contributed by atoms with Gasteiger partial charge in [-0.1, -0.05) is 5.11 Å². The molecular formula is C10H12N8O3. The van der Waals surface area contributed by atoms with Gasteiger partial charge >= 0.3 is 0 Å². The van der Waals surface area contributed by atoms with Crippen molar-refractivity contribution in [2.45, 2.75) is 30.8 Å². The van der Waals surface area contributed by atoms with Crippen molar-refractivity contribution in [1.29, 1.82) is 0 Å². The molecule has 1 fully saturated rings. The summed E-state index contributed by atoms with van der Waals surface area (Å²) in [6, 6.07) is -1.31. The minimum Gasteiger partial charge on any atom is -0.394 e. The summed E-state index contributed by atoms with van der Waals surface area (Å²) in [5, 5.41) is 12.9. The summed E-state index contributed by atoms with van der Waals surface area (Å²) >= 11 is 0. The maximum Gasteiger partial charge on any atom is 0.281 e. The second kappa shape index (κ2) is 5.13. The van der Waals surface area contributed by atoms with E-state index in [-0.39, 0.29) is 12.6 Å². The van der Waals surface area contributed by atoms with Gasteiger partial charge in [0.05, 0.1) is 25.1 Å². The maximum atomic E-state index is 11.7. The molecule has 110 valence electrons. The number of fused-ring (bicyclic) bond motifs is 1. The zero-order valence-corrected chi connectivity index (χ0v) is 10.8. The summed E-state index contributed by atoms with van der Waals surface area (Å²) in [7, 11) is 0. The SMILES string of the molecule is [N-]=[N+]=N[C@@H]1C[C@H](N2C=NC3C(=O)N=C(N)N=C32)O[C@@H]1CO. The molecule has 0 bridgehead atoms. The lowest BCUT2D eigenvalue weighted by Crippen LogP contribution is -2.44. The van der Waals surface area contributed by atoms with Crippen LogP contribution in [-0.2, 0) is 9.53 Å². The molecular weight excluding hydrogens is 280 g/mol. The molecule has 11 nitrogen and oxygen atoms in total. The van der Waals surface area contributed by atoms with Gasteiger partial charge in [-0.05, 0) is 5.53 Å². The minimum atomic E-state index is -0.813. The number of hydrogen-bond donors (Lipinski definition) is 2. The first-order valence-electron chi connectivity index (χ1n) is 6.22. The van der Waals surface area contributed by atoms with E-state index in [1.165, 1.54) is 6.34 Å². The van der Waals surface area contributed by atoms with Crippen LogP contribution in [0.25, 0.3) is 10.4 Å². The van der Waals surface area contributed by atoms with Gasteiger partial charge in [-0.25, -0.2) is 0 Å². The zero-order chi connectivity index (χ0) is 15.0. The number of carbonyl (C=O) groups is 1. The van der Waals surface area contributed by atoms with E-state index >= 15 is 0 Å². The molecule has 3 N–H and O–H groups in total. The first-order chi connectivity index (χ1) is 10.1. The third-order valence-corrected chi connectivity index (χ3v) is 3.43. The number of hydrogen-bond acceptors (Lipinski definition) is 8. The molecule has 1 saturated heterocycles. The van der Waals surface area contributed by atoms with E-state index in [1.54, 1.807) is 4.90 Å². The van der Waals surface area contributed by atoms with Gasteiger partial charge in [0.25, 0.3) is 5.91 Å². The van der Waals surface area contributed by atoms with Gasteiger partial charge in [0.2, 0.25) is 5.96 Å². The van der Waals surface area contributed by atoms with Crippen molar-refractivity contribution in [3.05, 3.63) is 10.4 Å². The van der Waals surface area contributed by atoms with Gasteiger partial charge in [0, 0.05) is 11.3 Å². The van der Waals surface area contributed by atoms with E-state index in [1.807, 2.05) is 0 Å². The molecule has 11 heteroatoms. The highest BCUT2D eigenvalue weighted by atomic mass is 16.5. The van der Waals surface area contributed by atoms with Crippen LogP contribution in [-0.4, -0.2) is 65.1 Å². The summed E-state index contributed by atoms with van der Waals surface area (Å²) in [6.07, 6.45) is 0.624. The molecule has 3 heterocycles. The summed E-state index contributed by atoms with van der Waals surface area (Å²) in [5.74, 6) is -0.291. The van der Waals surface area contributed by atoms with Crippen molar-refractivity contribution in [3.8, 4) is 0 Å². The van der Waals surface area contributed by atoms with Crippen LogP contribution in [0.15, 0.2) is 20.1 Å². The van der Waals surface area contributed by atoms with E-state index in [4.69, 9.17) is 16.0 Å². The Bertz CT molecular complexity index is 607. The molecule has 0 aromatic rings. The van der Waals surface area contributed by atoms with E-state index in [0.717, 1.165) is 0 Å². The lowest BCUT2D eigenvalue weighted by molar-refractivity contribution is -0.117. The monoisotopic (exact) mass is 292 g/mol. The number of carbonyl (C=O) groups excluding carboxylic acids is 1. The van der Waals surface area contributed by atoms with Gasteiger partial charge in [0.1, 0.15) is 6.23 Å². The van der Waals surface area contributed by atoms with Crippen molar-refractivity contribution < 1.29 is 14.6 Å². The third-order valence-electron chi connectivity index (χ3n) is 3.43. The fraction of sp³-hybridized carbons (Fsp3) is 0.600. The Kier molecular flexibility index (Phi) is 3.29. The smallest absolute Gasteiger partial charge is 0.281 e. The van der Waals surface area contributed by atoms with Crippen molar-refractivity contribution in [2.24, 2.45) is 25.8 Å². The van der Waals surface area contributed by atoms with Gasteiger partial charge in [0.15, 0.2) is 11.9 Å². The predicted molar refractivity (Wildman–Crippen MR) is 71.5 cm³/mol. The number of nitrogens with zero attached hydrogens (tertiary/aromatic N) is 7. The largest absolute Gasteiger partial charge is 0.394 e. The van der Waals surface area contributed by atoms with Crippen LogP contribution in [0.3, 0.4) is 0 Å². The van der Waals surface area contributed by atoms with Gasteiger partial charge < -0.3 is 15.6 Å². The average molecular weight is 292 g/mol. The van der Waals surface area contributed by atoms with Crippen molar-refractivity contribution in [1.82, 2.24) is 4.90 Å². The summed E-state index contributed by atoms with van der Waals surface area (Å²) in [4.78, 5) is 27.6. The number of azide groups is 1. The fourth-order valence-electron chi connectivity index (χ4n) is 2.47. The maximum absolute atomic E-state index is 11.7. The summed E-state index contributed by atoms with van der Waals surface area (Å²) < 4.78 is 5.63. The molecule has 0 aromatic heterocycles. The van der Waals surface area contributed by atoms with E-state index < -0.39 is 30.3 Å². The molecule has 0 aliphatic carbocycles. The molecule has 1 amide bonds. The summed E-state index contributed by atoms with van der Waals surface area (Å²) in [6.45, 7) is -0.274. The van der Waals surface area contributed by atoms with Crippen molar-refractivity contribution in [2.75, 3.05) is 6.61 Å². The van der Waals surface area contributed by atoms with Crippen LogP contribution in [0.4, 0.5) is 0 Å². The Hall–Kier alpha value is -2.49. The Labute approximate surface area is 118 Å². The first-order valence-corrected chi connectivity index (χ1v) is 6.22. The van der Waals surface area contributed by atoms with Crippen LogP contribution >= 0.6 is 0 Å². The molecule has 0 saturated carbocycles. The van der Waals surface area contributed by atoms with E-state index in [9.17, 15) is 9.90 Å². The second-order valence-corrected chi connectivity index (χ2v) is 4.67. The number of nitrogens with two attached hydrogens (primary N) is 1. The van der Waals surface area contributed by atoms with Crippen LogP contribution in [0.5, 0.6) is 0 Å². The number of aliphatic imine (C=N–C) groups is 3. The minimum absolute atomic E-state index is 0.134. The number of amidine groups is 1. The second-order valence-electron chi connectivity index (χ2n) is 4.67. The highest BCUT2D eigenvalue weighted by Gasteiger charge is 2.44. The number of rotatable bonds is 3. The molecule has 3 aliphatic rings. The molecule has 0 spiro atoms. The molecule has 0 radical (unpaired) electrons. The van der Waals surface area contributed by atoms with Gasteiger partial charge in [-0.2, -0.15) is 9.98 Å². The lowest BCUT2D eigenvalue weighted by atomic mass is 10.1. The lowest BCUT2D eigenvalue weighted by Gasteiger charge is -2.25. The number of amides is 1. The van der Waals surface area contributed by atoms with E-state index in [2.05, 4.69) is 25.0 Å². The molecule has 1 unspecified atom stereocenters. The van der Waals surface area contributed by atoms with Crippen LogP contribution < -0.4 is 5.73 Å². The topological polar surface area (TPSA) is 162 Å². The molecule has 21 heavy (non-hydrogen) atoms. The Morgan fingerprint density at radius 2 is 2.43 bits per heavy atom. The van der Waals surface area contributed by atoms with Crippen LogP contribution in [0.2, 0.25) is 0 Å². The quantitative estimate of drug-likeness (QED) is 0.376. The Morgan fingerprint density at radius 1 is 1.62 bits per heavy atom. The normalized spacial score (nSPS) is 34.3. The molecule has 4 atom stereocenters. The fourth-order valence-corrected chi connectivity index (χ4v) is 2.47. The molecule has 3 aliphatic heterocycles. The Morgan fingerprint density at radius 3 is 3.14 bits per heavy atom.